The average Bonchev–Trinajstić information content (AvgIpc) is 4.09. The van der Waals surface area contributed by atoms with Crippen LogP contribution in [0, 0.1) is 0 Å². The molecule has 2 saturated heterocycles. The molecule has 5 aromatic rings. The second-order valence-electron chi connectivity index (χ2n) is 16.9. The van der Waals surface area contributed by atoms with Crippen LogP contribution >= 0.6 is 0 Å². The number of benzene rings is 3. The summed E-state index contributed by atoms with van der Waals surface area (Å²) in [7, 11) is 0. The molecule has 6 N–H and O–H groups in total. The van der Waals surface area contributed by atoms with Crippen molar-refractivity contribution in [2.75, 3.05) is 31.6 Å². The van der Waals surface area contributed by atoms with Crippen molar-refractivity contribution >= 4 is 40.6 Å². The lowest BCUT2D eigenvalue weighted by Crippen LogP contribution is -2.49. The van der Waals surface area contributed by atoms with Gasteiger partial charge in [0.25, 0.3) is 5.91 Å². The van der Waals surface area contributed by atoms with Gasteiger partial charge in [0.15, 0.2) is 0 Å². The van der Waals surface area contributed by atoms with E-state index in [0.29, 0.717) is 49.5 Å². The number of allylic oxidation sites excluding steroid dienone is 2. The van der Waals surface area contributed by atoms with Crippen LogP contribution in [0.2, 0.25) is 0 Å². The molecule has 15 heteroatoms. The molecule has 2 unspecified atom stereocenters. The fourth-order valence-corrected chi connectivity index (χ4v) is 8.47. The highest BCUT2D eigenvalue weighted by atomic mass is 16.6. The van der Waals surface area contributed by atoms with Gasteiger partial charge < -0.3 is 45.4 Å². The van der Waals surface area contributed by atoms with Crippen LogP contribution in [0.3, 0.4) is 0 Å². The first-order chi connectivity index (χ1) is 29.9. The first kappa shape index (κ1) is 41.8. The topological polar surface area (TPSA) is 194 Å². The Morgan fingerprint density at radius 2 is 1.68 bits per heavy atom. The fourth-order valence-electron chi connectivity index (χ4n) is 8.47. The first-order valence-electron chi connectivity index (χ1n) is 21.1. The minimum Gasteiger partial charge on any atom is -0.492 e. The molecular formula is C47H52N8O7. The van der Waals surface area contributed by atoms with E-state index in [1.165, 1.54) is 0 Å². The number of aromatic nitrogens is 3. The van der Waals surface area contributed by atoms with Gasteiger partial charge in [-0.1, -0.05) is 60.7 Å². The van der Waals surface area contributed by atoms with Gasteiger partial charge in [-0.3, -0.25) is 14.5 Å². The molecule has 8 rings (SSSR count). The number of hydrogen-bond acceptors (Lipinski definition) is 8. The van der Waals surface area contributed by atoms with E-state index in [9.17, 15) is 24.3 Å². The molecule has 3 aromatic carbocycles. The summed E-state index contributed by atoms with van der Waals surface area (Å²) in [5, 5.41) is 18.8. The normalized spacial score (nSPS) is 18.8. The van der Waals surface area contributed by atoms with E-state index >= 15 is 0 Å². The summed E-state index contributed by atoms with van der Waals surface area (Å²) < 4.78 is 11.2. The molecule has 3 aliphatic heterocycles. The van der Waals surface area contributed by atoms with E-state index in [2.05, 4.69) is 30.8 Å². The van der Waals surface area contributed by atoms with E-state index in [1.807, 2.05) is 79.0 Å². The van der Waals surface area contributed by atoms with Crippen molar-refractivity contribution in [3.63, 3.8) is 0 Å². The minimum atomic E-state index is -1.09. The Balaban J connectivity index is 0.917. The van der Waals surface area contributed by atoms with Crippen molar-refractivity contribution in [1.29, 1.82) is 0 Å². The van der Waals surface area contributed by atoms with Crippen LogP contribution in [0.15, 0.2) is 109 Å². The highest BCUT2D eigenvalue weighted by Crippen LogP contribution is 2.34. The van der Waals surface area contributed by atoms with Gasteiger partial charge in [-0.05, 0) is 106 Å². The van der Waals surface area contributed by atoms with Crippen molar-refractivity contribution in [1.82, 2.24) is 35.4 Å². The summed E-state index contributed by atoms with van der Waals surface area (Å²) in [6.45, 7) is 7.36. The van der Waals surface area contributed by atoms with Gasteiger partial charge in [-0.15, -0.1) is 0 Å². The van der Waals surface area contributed by atoms with Gasteiger partial charge in [-0.25, -0.2) is 14.6 Å². The molecule has 3 aliphatic rings. The van der Waals surface area contributed by atoms with E-state index < -0.39 is 35.9 Å². The number of fused-ring (bicyclic) bond motifs is 1. The van der Waals surface area contributed by atoms with Crippen LogP contribution in [-0.2, 0) is 19.1 Å². The van der Waals surface area contributed by atoms with Gasteiger partial charge in [0.1, 0.15) is 41.9 Å². The highest BCUT2D eigenvalue weighted by molar-refractivity contribution is 6.00. The summed E-state index contributed by atoms with van der Waals surface area (Å²) in [6, 6.07) is 22.7. The van der Waals surface area contributed by atoms with E-state index in [1.54, 1.807) is 49.9 Å². The lowest BCUT2D eigenvalue weighted by atomic mass is 10.0. The minimum absolute atomic E-state index is 0.0154. The zero-order valence-electron chi connectivity index (χ0n) is 35.0. The maximum atomic E-state index is 14.0. The number of alkyl carbamates (subject to hydrolysis) is 1. The van der Waals surface area contributed by atoms with Gasteiger partial charge in [-0.2, -0.15) is 0 Å². The highest BCUT2D eigenvalue weighted by Gasteiger charge is 2.39. The van der Waals surface area contributed by atoms with Gasteiger partial charge >= 0.3 is 12.2 Å². The Morgan fingerprint density at radius 1 is 0.919 bits per heavy atom. The number of nitrogens with zero attached hydrogens (tertiary/aromatic N) is 3. The summed E-state index contributed by atoms with van der Waals surface area (Å²) in [4.78, 5) is 67.8. The molecule has 62 heavy (non-hydrogen) atoms. The number of anilines is 1. The zero-order valence-corrected chi connectivity index (χ0v) is 35.0. The molecule has 0 bridgehead atoms. The number of amides is 4. The van der Waals surface area contributed by atoms with Crippen molar-refractivity contribution in [3.8, 4) is 22.5 Å². The molecule has 2 fully saturated rings. The maximum absolute atomic E-state index is 14.0. The predicted molar refractivity (Wildman–Crippen MR) is 235 cm³/mol. The number of carbonyl (C=O) groups is 4. The summed E-state index contributed by atoms with van der Waals surface area (Å²) in [5.41, 5.74) is 5.12. The van der Waals surface area contributed by atoms with Crippen LogP contribution in [0.25, 0.3) is 33.4 Å². The third-order valence-electron chi connectivity index (χ3n) is 11.4. The molecule has 5 heterocycles. The Bertz CT molecular complexity index is 2490. The van der Waals surface area contributed by atoms with E-state index in [-0.39, 0.29) is 17.9 Å². The Labute approximate surface area is 359 Å². The molecule has 322 valence electrons. The lowest BCUT2D eigenvalue weighted by molar-refractivity contribution is -0.138. The average molecular weight is 841 g/mol. The van der Waals surface area contributed by atoms with Crippen LogP contribution in [0.1, 0.15) is 69.9 Å². The van der Waals surface area contributed by atoms with E-state index in [0.717, 1.165) is 58.6 Å². The lowest BCUT2D eigenvalue weighted by Gasteiger charge is -2.29. The maximum Gasteiger partial charge on any atom is 0.408 e. The van der Waals surface area contributed by atoms with Gasteiger partial charge in [0.2, 0.25) is 5.91 Å². The van der Waals surface area contributed by atoms with Crippen LogP contribution in [-0.4, -0.2) is 97.8 Å². The Hall–Kier alpha value is -6.87. The molecule has 2 aromatic heterocycles. The SMILES string of the molecule is CC(C)(C)OC(=O)NC(C(=O)N1CCCC1C(=O)Nc1ccc2[nH]c(-c3ccc(-c4cnc([C@@H]5CCCN5C[C@@H](NC(=O)O)C5=CC=CCO5)[nH]4)cc3)cc2c1)c1ccccc1. The fraction of sp³-hybridized carbons (Fsp3) is 0.340. The monoisotopic (exact) mass is 840 g/mol. The second-order valence-corrected chi connectivity index (χ2v) is 16.9. The first-order valence-corrected chi connectivity index (χ1v) is 21.1. The molecule has 0 saturated carbocycles. The summed E-state index contributed by atoms with van der Waals surface area (Å²) in [6.07, 6.45) is 8.63. The second kappa shape index (κ2) is 18.0. The molecular weight excluding hydrogens is 789 g/mol. The third-order valence-corrected chi connectivity index (χ3v) is 11.4. The van der Waals surface area contributed by atoms with E-state index in [4.69, 9.17) is 14.5 Å². The molecule has 0 spiro atoms. The van der Waals surface area contributed by atoms with Crippen LogP contribution in [0.5, 0.6) is 0 Å². The zero-order chi connectivity index (χ0) is 43.4. The van der Waals surface area contributed by atoms with Crippen molar-refractivity contribution in [3.05, 3.63) is 120 Å². The van der Waals surface area contributed by atoms with Gasteiger partial charge in [0, 0.05) is 35.4 Å². The quantitative estimate of drug-likeness (QED) is 0.0732. The largest absolute Gasteiger partial charge is 0.492 e. The Morgan fingerprint density at radius 3 is 2.40 bits per heavy atom. The number of imidazole rings is 1. The number of aromatic amines is 2. The molecule has 15 nitrogen and oxygen atoms in total. The van der Waals surface area contributed by atoms with Crippen molar-refractivity contribution in [2.24, 2.45) is 0 Å². The number of nitrogens with one attached hydrogen (secondary N) is 5. The summed E-state index contributed by atoms with van der Waals surface area (Å²) in [5.74, 6) is 0.778. The molecule has 0 radical (unpaired) electrons. The predicted octanol–water partition coefficient (Wildman–Crippen LogP) is 7.66. The summed E-state index contributed by atoms with van der Waals surface area (Å²) >= 11 is 0. The number of likely N-dealkylation sites (tertiary alicyclic amines) is 2. The van der Waals surface area contributed by atoms with Crippen molar-refractivity contribution in [2.45, 2.75) is 76.2 Å². The number of rotatable bonds is 12. The van der Waals surface area contributed by atoms with Crippen LogP contribution < -0.4 is 16.0 Å². The van der Waals surface area contributed by atoms with Gasteiger partial charge in [0.05, 0.1) is 17.9 Å². The third kappa shape index (κ3) is 9.68. The van der Waals surface area contributed by atoms with Crippen molar-refractivity contribution < 1.29 is 33.8 Å². The van der Waals surface area contributed by atoms with Crippen LogP contribution in [0.4, 0.5) is 15.3 Å². The molecule has 4 atom stereocenters. The smallest absolute Gasteiger partial charge is 0.408 e. The number of hydrogen-bond donors (Lipinski definition) is 6. The number of ether oxygens (including phenoxy) is 2. The number of carboxylic acid groups (broad SMARTS) is 1. The number of carbonyl (C=O) groups excluding carboxylic acids is 3. The molecule has 4 amide bonds. The number of H-pyrrole nitrogens is 2. The molecule has 0 aliphatic carbocycles. The standard InChI is InChI=1S/C47H52N8O7/c1-47(2,3)62-46(60)53-41(31-11-5-4-6-12-31)44(57)55-23-10-14-39(55)43(56)49-33-20-21-34-32(25-33)26-35(50-34)29-16-18-30(19-17-29)36-27-48-42(51-36)38-13-9-22-54(38)28-37(52-45(58)59)40-15-7-8-24-61-40/h4-8,11-12,15-21,25-27,37-39,41,50,52H,9-10,13-14,22-24,28H2,1-3H3,(H,48,51)(H,49,56)(H,53,60)(H,58,59)/t37-,38+,39?,41?/m1/s1. The Kier molecular flexibility index (Phi) is 12.2.